The average Bonchev–Trinajstić information content (AvgIpc) is 3.22. The SMILES string of the molecule is O=C(c1cc2c(s1)CCCC2)N1CCC(N2CCNCC2)C1. The summed E-state index contributed by atoms with van der Waals surface area (Å²) in [5.74, 6) is 0.275. The molecule has 1 aromatic rings. The molecule has 0 aromatic carbocycles. The monoisotopic (exact) mass is 319 g/mol. The molecule has 2 saturated heterocycles. The number of likely N-dealkylation sites (tertiary alicyclic amines) is 1. The van der Waals surface area contributed by atoms with Gasteiger partial charge in [-0.2, -0.15) is 0 Å². The lowest BCUT2D eigenvalue weighted by Crippen LogP contribution is -2.49. The average molecular weight is 319 g/mol. The number of hydrogen-bond acceptors (Lipinski definition) is 4. The third kappa shape index (κ3) is 2.82. The summed E-state index contributed by atoms with van der Waals surface area (Å²) in [6.07, 6.45) is 6.05. The molecule has 1 unspecified atom stereocenters. The molecule has 0 spiro atoms. The number of aryl methyl sites for hydroxylation is 2. The van der Waals surface area contributed by atoms with Crippen LogP contribution in [0.2, 0.25) is 0 Å². The van der Waals surface area contributed by atoms with Gasteiger partial charge in [-0.05, 0) is 43.7 Å². The molecule has 0 radical (unpaired) electrons. The van der Waals surface area contributed by atoms with Gasteiger partial charge in [0.2, 0.25) is 0 Å². The van der Waals surface area contributed by atoms with Crippen LogP contribution in [-0.2, 0) is 12.8 Å². The zero-order valence-electron chi connectivity index (χ0n) is 13.1. The molecule has 0 saturated carbocycles. The van der Waals surface area contributed by atoms with Gasteiger partial charge in [0.1, 0.15) is 0 Å². The van der Waals surface area contributed by atoms with Gasteiger partial charge in [0.25, 0.3) is 5.91 Å². The highest BCUT2D eigenvalue weighted by Crippen LogP contribution is 2.31. The molecule has 1 aliphatic carbocycles. The van der Waals surface area contributed by atoms with Gasteiger partial charge in [-0.3, -0.25) is 9.69 Å². The predicted molar refractivity (Wildman–Crippen MR) is 89.7 cm³/mol. The molecule has 1 atom stereocenters. The van der Waals surface area contributed by atoms with Crippen LogP contribution < -0.4 is 5.32 Å². The molecule has 120 valence electrons. The number of rotatable bonds is 2. The summed E-state index contributed by atoms with van der Waals surface area (Å²) in [6.45, 7) is 6.27. The van der Waals surface area contributed by atoms with Crippen molar-refractivity contribution in [3.63, 3.8) is 0 Å². The minimum Gasteiger partial charge on any atom is -0.336 e. The van der Waals surface area contributed by atoms with E-state index in [2.05, 4.69) is 21.2 Å². The van der Waals surface area contributed by atoms with Gasteiger partial charge in [-0.25, -0.2) is 0 Å². The van der Waals surface area contributed by atoms with E-state index in [9.17, 15) is 4.79 Å². The molecule has 4 rings (SSSR count). The smallest absolute Gasteiger partial charge is 0.263 e. The first-order valence-electron chi connectivity index (χ1n) is 8.67. The molecular formula is C17H25N3OS. The summed E-state index contributed by atoms with van der Waals surface area (Å²) in [7, 11) is 0. The largest absolute Gasteiger partial charge is 0.336 e. The van der Waals surface area contributed by atoms with Gasteiger partial charge in [0, 0.05) is 50.2 Å². The first-order chi connectivity index (χ1) is 10.8. The van der Waals surface area contributed by atoms with Gasteiger partial charge >= 0.3 is 0 Å². The van der Waals surface area contributed by atoms with Crippen molar-refractivity contribution in [2.45, 2.75) is 38.1 Å². The number of carbonyl (C=O) groups is 1. The van der Waals surface area contributed by atoms with E-state index < -0.39 is 0 Å². The Labute approximate surface area is 136 Å². The lowest BCUT2D eigenvalue weighted by atomic mass is 9.99. The van der Waals surface area contributed by atoms with E-state index in [1.807, 2.05) is 0 Å². The second-order valence-electron chi connectivity index (χ2n) is 6.75. The standard InChI is InChI=1S/C17H25N3OS/c21-17(16-11-13-3-1-2-4-15(13)22-16)20-8-5-14(12-20)19-9-6-18-7-10-19/h11,14,18H,1-10,12H2. The normalized spacial score (nSPS) is 26.2. The van der Waals surface area contributed by atoms with Gasteiger partial charge in [0.15, 0.2) is 0 Å². The molecule has 0 bridgehead atoms. The number of thiophene rings is 1. The first-order valence-corrected chi connectivity index (χ1v) is 9.48. The van der Waals surface area contributed by atoms with Crippen LogP contribution in [0.4, 0.5) is 0 Å². The fourth-order valence-electron chi connectivity index (χ4n) is 4.02. The summed E-state index contributed by atoms with van der Waals surface area (Å²) >= 11 is 1.75. The molecule has 1 aromatic heterocycles. The van der Waals surface area contributed by atoms with E-state index in [0.717, 1.165) is 50.6 Å². The van der Waals surface area contributed by atoms with Gasteiger partial charge in [-0.15, -0.1) is 11.3 Å². The van der Waals surface area contributed by atoms with Gasteiger partial charge in [0.05, 0.1) is 4.88 Å². The third-order valence-electron chi connectivity index (χ3n) is 5.33. The van der Waals surface area contributed by atoms with Crippen molar-refractivity contribution in [2.75, 3.05) is 39.3 Å². The van der Waals surface area contributed by atoms with Crippen molar-refractivity contribution in [3.05, 3.63) is 21.4 Å². The van der Waals surface area contributed by atoms with Crippen LogP contribution in [0.25, 0.3) is 0 Å². The Morgan fingerprint density at radius 3 is 2.82 bits per heavy atom. The molecule has 2 fully saturated rings. The lowest BCUT2D eigenvalue weighted by Gasteiger charge is -2.32. The summed E-state index contributed by atoms with van der Waals surface area (Å²) in [6, 6.07) is 2.75. The molecule has 4 nitrogen and oxygen atoms in total. The topological polar surface area (TPSA) is 35.6 Å². The quantitative estimate of drug-likeness (QED) is 0.902. The lowest BCUT2D eigenvalue weighted by molar-refractivity contribution is 0.0778. The maximum absolute atomic E-state index is 12.8. The number of piperazine rings is 1. The predicted octanol–water partition coefficient (Wildman–Crippen LogP) is 1.75. The van der Waals surface area contributed by atoms with Crippen molar-refractivity contribution in [1.82, 2.24) is 15.1 Å². The van der Waals surface area contributed by atoms with Crippen LogP contribution in [0.5, 0.6) is 0 Å². The second kappa shape index (κ2) is 6.30. The van der Waals surface area contributed by atoms with E-state index in [1.54, 1.807) is 11.3 Å². The summed E-state index contributed by atoms with van der Waals surface area (Å²) in [4.78, 5) is 19.9. The van der Waals surface area contributed by atoms with Crippen LogP contribution in [0, 0.1) is 0 Å². The first kappa shape index (κ1) is 14.7. The van der Waals surface area contributed by atoms with Crippen molar-refractivity contribution in [2.24, 2.45) is 0 Å². The highest BCUT2D eigenvalue weighted by atomic mass is 32.1. The number of carbonyl (C=O) groups excluding carboxylic acids is 1. The summed E-state index contributed by atoms with van der Waals surface area (Å²) < 4.78 is 0. The third-order valence-corrected chi connectivity index (χ3v) is 6.55. The molecule has 1 N–H and O–H groups in total. The van der Waals surface area contributed by atoms with E-state index in [0.29, 0.717) is 6.04 Å². The van der Waals surface area contributed by atoms with Crippen LogP contribution in [0.15, 0.2) is 6.07 Å². The number of nitrogens with one attached hydrogen (secondary N) is 1. The van der Waals surface area contributed by atoms with Crippen LogP contribution in [0.1, 0.15) is 39.4 Å². The Hall–Kier alpha value is -0.910. The summed E-state index contributed by atoms with van der Waals surface area (Å²) in [5, 5.41) is 3.41. The highest BCUT2D eigenvalue weighted by molar-refractivity contribution is 7.14. The van der Waals surface area contributed by atoms with Crippen molar-refractivity contribution >= 4 is 17.2 Å². The Balaban J connectivity index is 1.41. The van der Waals surface area contributed by atoms with Crippen molar-refractivity contribution in [3.8, 4) is 0 Å². The fraction of sp³-hybridized carbons (Fsp3) is 0.706. The van der Waals surface area contributed by atoms with Crippen LogP contribution in [0.3, 0.4) is 0 Å². The molecule has 2 aliphatic heterocycles. The maximum atomic E-state index is 12.8. The Bertz CT molecular complexity index is 527. The van der Waals surface area contributed by atoms with E-state index >= 15 is 0 Å². The number of amides is 1. The zero-order valence-corrected chi connectivity index (χ0v) is 14.0. The highest BCUT2D eigenvalue weighted by Gasteiger charge is 2.32. The van der Waals surface area contributed by atoms with Crippen molar-refractivity contribution in [1.29, 1.82) is 0 Å². The number of hydrogen-bond donors (Lipinski definition) is 1. The molecular weight excluding hydrogens is 294 g/mol. The minimum absolute atomic E-state index is 0.275. The summed E-state index contributed by atoms with van der Waals surface area (Å²) in [5.41, 5.74) is 1.44. The minimum atomic E-state index is 0.275. The Morgan fingerprint density at radius 2 is 2.00 bits per heavy atom. The Morgan fingerprint density at radius 1 is 1.18 bits per heavy atom. The fourth-order valence-corrected chi connectivity index (χ4v) is 5.25. The van der Waals surface area contributed by atoms with Gasteiger partial charge in [-0.1, -0.05) is 0 Å². The van der Waals surface area contributed by atoms with E-state index in [-0.39, 0.29) is 5.91 Å². The van der Waals surface area contributed by atoms with E-state index in [4.69, 9.17) is 0 Å². The zero-order chi connectivity index (χ0) is 14.9. The van der Waals surface area contributed by atoms with E-state index in [1.165, 1.54) is 36.1 Å². The second-order valence-corrected chi connectivity index (χ2v) is 7.88. The van der Waals surface area contributed by atoms with Crippen LogP contribution in [-0.4, -0.2) is 61.0 Å². The molecule has 22 heavy (non-hydrogen) atoms. The molecule has 1 amide bonds. The maximum Gasteiger partial charge on any atom is 0.263 e. The molecule has 5 heteroatoms. The van der Waals surface area contributed by atoms with Gasteiger partial charge < -0.3 is 10.2 Å². The molecule has 3 heterocycles. The number of nitrogens with zero attached hydrogens (tertiary/aromatic N) is 2. The van der Waals surface area contributed by atoms with Crippen LogP contribution >= 0.6 is 11.3 Å². The van der Waals surface area contributed by atoms with Crippen molar-refractivity contribution < 1.29 is 4.79 Å². The Kier molecular flexibility index (Phi) is 4.20. The molecule has 3 aliphatic rings. The number of fused-ring (bicyclic) bond motifs is 1.